The molecule has 0 spiro atoms. The fourth-order valence-electron chi connectivity index (χ4n) is 4.44. The summed E-state index contributed by atoms with van der Waals surface area (Å²) in [6, 6.07) is 0.156. The number of aryl methyl sites for hydroxylation is 2. The summed E-state index contributed by atoms with van der Waals surface area (Å²) in [5, 5.41) is 4.41. The fraction of sp³-hybridized carbons (Fsp3) is 0.619. The van der Waals surface area contributed by atoms with Crippen molar-refractivity contribution in [2.75, 3.05) is 25.0 Å². The van der Waals surface area contributed by atoms with Crippen molar-refractivity contribution in [1.29, 1.82) is 0 Å². The van der Waals surface area contributed by atoms with Crippen LogP contribution in [-0.2, 0) is 9.53 Å². The standard InChI is InChI=1S/C21H28N4O3S/c1-4-28-21(27)17-12(2)16-18(22-13(3)23-19(16)29-17)24-15-9-10-25(11-15)20(26)14-7-5-6-8-14/h14-15H,4-11H2,1-3H3,(H,22,23,24). The zero-order valence-electron chi connectivity index (χ0n) is 17.3. The topological polar surface area (TPSA) is 84.4 Å². The highest BCUT2D eigenvalue weighted by Crippen LogP contribution is 2.35. The van der Waals surface area contributed by atoms with E-state index in [1.165, 1.54) is 24.2 Å². The second kappa shape index (κ2) is 8.26. The van der Waals surface area contributed by atoms with Gasteiger partial charge in [0.1, 0.15) is 21.3 Å². The second-order valence-corrected chi connectivity index (χ2v) is 8.97. The van der Waals surface area contributed by atoms with Gasteiger partial charge in [-0.15, -0.1) is 11.3 Å². The Balaban J connectivity index is 1.55. The monoisotopic (exact) mass is 416 g/mol. The van der Waals surface area contributed by atoms with Crippen molar-refractivity contribution in [3.8, 4) is 0 Å². The first-order valence-corrected chi connectivity index (χ1v) is 11.3. The lowest BCUT2D eigenvalue weighted by Crippen LogP contribution is -2.35. The Hall–Kier alpha value is -2.22. The van der Waals surface area contributed by atoms with Crippen molar-refractivity contribution in [3.05, 3.63) is 16.3 Å². The number of hydrogen-bond acceptors (Lipinski definition) is 7. The average Bonchev–Trinajstić information content (AvgIpc) is 3.42. The normalized spacial score (nSPS) is 19.8. The van der Waals surface area contributed by atoms with Gasteiger partial charge in [0.05, 0.1) is 12.0 Å². The van der Waals surface area contributed by atoms with Gasteiger partial charge in [-0.1, -0.05) is 12.8 Å². The molecule has 1 aliphatic carbocycles. The molecule has 0 radical (unpaired) electrons. The van der Waals surface area contributed by atoms with E-state index in [-0.39, 0.29) is 17.9 Å². The fourth-order valence-corrected chi connectivity index (χ4v) is 5.56. The van der Waals surface area contributed by atoms with Gasteiger partial charge in [-0.2, -0.15) is 0 Å². The number of aromatic nitrogens is 2. The molecule has 1 aliphatic heterocycles. The van der Waals surface area contributed by atoms with Gasteiger partial charge in [-0.25, -0.2) is 14.8 Å². The number of likely N-dealkylation sites (tertiary alicyclic amines) is 1. The smallest absolute Gasteiger partial charge is 0.348 e. The van der Waals surface area contributed by atoms with E-state index in [0.717, 1.165) is 47.4 Å². The summed E-state index contributed by atoms with van der Waals surface area (Å²) in [6.07, 6.45) is 5.30. The number of carbonyl (C=O) groups excluding carboxylic acids is 2. The molecule has 2 aromatic rings. The first-order chi connectivity index (χ1) is 14.0. The Morgan fingerprint density at radius 2 is 1.97 bits per heavy atom. The lowest BCUT2D eigenvalue weighted by atomic mass is 10.1. The first-order valence-electron chi connectivity index (χ1n) is 10.5. The molecule has 7 nitrogen and oxygen atoms in total. The van der Waals surface area contributed by atoms with Crippen molar-refractivity contribution < 1.29 is 14.3 Å². The number of ether oxygens (including phenoxy) is 1. The van der Waals surface area contributed by atoms with E-state index < -0.39 is 0 Å². The molecule has 4 rings (SSSR count). The highest BCUT2D eigenvalue weighted by Gasteiger charge is 2.33. The maximum atomic E-state index is 12.7. The van der Waals surface area contributed by atoms with Crippen LogP contribution in [0.3, 0.4) is 0 Å². The van der Waals surface area contributed by atoms with Crippen LogP contribution in [0.2, 0.25) is 0 Å². The zero-order chi connectivity index (χ0) is 20.5. The van der Waals surface area contributed by atoms with Crippen LogP contribution in [0.1, 0.15) is 60.1 Å². The van der Waals surface area contributed by atoms with Crippen molar-refractivity contribution >= 4 is 39.2 Å². The third-order valence-corrected chi connectivity index (χ3v) is 7.07. The van der Waals surface area contributed by atoms with E-state index in [1.54, 1.807) is 6.92 Å². The lowest BCUT2D eigenvalue weighted by Gasteiger charge is -2.21. The van der Waals surface area contributed by atoms with E-state index in [4.69, 9.17) is 4.74 Å². The van der Waals surface area contributed by atoms with Crippen LogP contribution in [0.5, 0.6) is 0 Å². The van der Waals surface area contributed by atoms with Gasteiger partial charge in [0, 0.05) is 25.0 Å². The Bertz CT molecular complexity index is 936. The van der Waals surface area contributed by atoms with Gasteiger partial charge in [-0.3, -0.25) is 4.79 Å². The molecular weight excluding hydrogens is 388 g/mol. The van der Waals surface area contributed by atoms with E-state index in [2.05, 4.69) is 15.3 Å². The Morgan fingerprint density at radius 1 is 1.21 bits per heavy atom. The Labute approximate surface area is 174 Å². The van der Waals surface area contributed by atoms with Crippen molar-refractivity contribution in [3.63, 3.8) is 0 Å². The van der Waals surface area contributed by atoms with Gasteiger partial charge in [-0.05, 0) is 45.6 Å². The van der Waals surface area contributed by atoms with E-state index in [1.807, 2.05) is 18.7 Å². The maximum absolute atomic E-state index is 12.7. The Kier molecular flexibility index (Phi) is 5.72. The molecule has 0 bridgehead atoms. The van der Waals surface area contributed by atoms with Crippen LogP contribution in [0.25, 0.3) is 10.2 Å². The minimum atomic E-state index is -0.314. The molecule has 3 heterocycles. The molecule has 29 heavy (non-hydrogen) atoms. The summed E-state index contributed by atoms with van der Waals surface area (Å²) >= 11 is 1.35. The number of carbonyl (C=O) groups is 2. The molecule has 2 aromatic heterocycles. The molecule has 0 aromatic carbocycles. The lowest BCUT2D eigenvalue weighted by molar-refractivity contribution is -0.134. The Morgan fingerprint density at radius 3 is 2.69 bits per heavy atom. The summed E-state index contributed by atoms with van der Waals surface area (Å²) in [5.74, 6) is 1.62. The molecule has 1 saturated carbocycles. The molecule has 1 unspecified atom stereocenters. The molecule has 1 saturated heterocycles. The molecule has 2 aliphatic rings. The predicted octanol–water partition coefficient (Wildman–Crippen LogP) is 3.69. The highest BCUT2D eigenvalue weighted by molar-refractivity contribution is 7.20. The maximum Gasteiger partial charge on any atom is 0.348 e. The first kappa shape index (κ1) is 20.1. The largest absolute Gasteiger partial charge is 0.462 e. The molecule has 156 valence electrons. The minimum absolute atomic E-state index is 0.156. The van der Waals surface area contributed by atoms with Crippen LogP contribution in [0.15, 0.2) is 0 Å². The third-order valence-electron chi connectivity index (χ3n) is 5.91. The van der Waals surface area contributed by atoms with E-state index >= 15 is 0 Å². The number of esters is 1. The number of thiophene rings is 1. The van der Waals surface area contributed by atoms with Crippen LogP contribution >= 0.6 is 11.3 Å². The second-order valence-electron chi connectivity index (χ2n) is 7.97. The number of rotatable bonds is 5. The number of anilines is 1. The van der Waals surface area contributed by atoms with Crippen LogP contribution in [0.4, 0.5) is 5.82 Å². The van der Waals surface area contributed by atoms with Crippen LogP contribution < -0.4 is 5.32 Å². The van der Waals surface area contributed by atoms with Crippen LogP contribution in [0, 0.1) is 19.8 Å². The van der Waals surface area contributed by atoms with Crippen molar-refractivity contribution in [2.24, 2.45) is 5.92 Å². The predicted molar refractivity (Wildman–Crippen MR) is 113 cm³/mol. The molecule has 1 atom stereocenters. The quantitative estimate of drug-likeness (QED) is 0.749. The van der Waals surface area contributed by atoms with Gasteiger partial charge in [0.25, 0.3) is 0 Å². The molecule has 1 amide bonds. The summed E-state index contributed by atoms with van der Waals surface area (Å²) < 4.78 is 5.19. The highest BCUT2D eigenvalue weighted by atomic mass is 32.1. The van der Waals surface area contributed by atoms with Gasteiger partial charge in [0.15, 0.2) is 0 Å². The number of nitrogens with one attached hydrogen (secondary N) is 1. The molecule has 8 heteroatoms. The molecule has 2 fully saturated rings. The van der Waals surface area contributed by atoms with Crippen molar-refractivity contribution in [2.45, 2.75) is 58.9 Å². The number of nitrogens with zero attached hydrogens (tertiary/aromatic N) is 3. The number of amides is 1. The summed E-state index contributed by atoms with van der Waals surface area (Å²) in [5.41, 5.74) is 0.850. The van der Waals surface area contributed by atoms with Crippen LogP contribution in [-0.4, -0.2) is 52.5 Å². The van der Waals surface area contributed by atoms with Gasteiger partial charge < -0.3 is 15.0 Å². The minimum Gasteiger partial charge on any atom is -0.462 e. The SMILES string of the molecule is CCOC(=O)c1sc2nc(C)nc(NC3CCN(C(=O)C4CCCC4)C3)c2c1C. The molecular formula is C21H28N4O3S. The summed E-state index contributed by atoms with van der Waals surface area (Å²) in [7, 11) is 0. The van der Waals surface area contributed by atoms with Crippen molar-refractivity contribution in [1.82, 2.24) is 14.9 Å². The van der Waals surface area contributed by atoms with E-state index in [9.17, 15) is 9.59 Å². The zero-order valence-corrected chi connectivity index (χ0v) is 18.1. The number of fused-ring (bicyclic) bond motifs is 1. The molecule has 1 N–H and O–H groups in total. The third kappa shape index (κ3) is 3.95. The summed E-state index contributed by atoms with van der Waals surface area (Å²) in [4.78, 5) is 37.5. The van der Waals surface area contributed by atoms with Gasteiger partial charge >= 0.3 is 5.97 Å². The summed E-state index contributed by atoms with van der Waals surface area (Å²) in [6.45, 7) is 7.41. The average molecular weight is 417 g/mol. The van der Waals surface area contributed by atoms with E-state index in [0.29, 0.717) is 29.8 Å². The van der Waals surface area contributed by atoms with Gasteiger partial charge in [0.2, 0.25) is 5.91 Å². The number of hydrogen-bond donors (Lipinski definition) is 1.